The molecule has 3 unspecified atom stereocenters. The topological polar surface area (TPSA) is 89.9 Å². The van der Waals surface area contributed by atoms with Gasteiger partial charge in [-0.2, -0.15) is 0 Å². The van der Waals surface area contributed by atoms with E-state index in [2.05, 4.69) is 19.1 Å². The van der Waals surface area contributed by atoms with Crippen LogP contribution in [-0.2, 0) is 20.7 Å². The van der Waals surface area contributed by atoms with Crippen LogP contribution in [0, 0.1) is 23.2 Å². The summed E-state index contributed by atoms with van der Waals surface area (Å²) in [5, 5.41) is 8.81. The van der Waals surface area contributed by atoms with Gasteiger partial charge in [0.25, 0.3) is 0 Å². The van der Waals surface area contributed by atoms with E-state index >= 15 is 0 Å². The number of esters is 2. The number of carboxylic acids is 1. The summed E-state index contributed by atoms with van der Waals surface area (Å²) in [6.45, 7) is 3.92. The molecule has 6 heteroatoms. The number of unbranched alkanes of at least 4 members (excludes halogenated alkanes) is 7. The molecule has 2 aromatic rings. The monoisotopic (exact) mass is 602 g/mol. The molecule has 0 saturated heterocycles. The summed E-state index contributed by atoms with van der Waals surface area (Å²) in [5.74, 6) is 1.61. The molecule has 5 rings (SSSR count). The van der Waals surface area contributed by atoms with E-state index in [0.717, 1.165) is 51.4 Å². The Hall–Kier alpha value is -3.15. The second kappa shape index (κ2) is 14.8. The van der Waals surface area contributed by atoms with E-state index in [1.807, 2.05) is 24.3 Å². The molecule has 0 amide bonds. The summed E-state index contributed by atoms with van der Waals surface area (Å²) in [6, 6.07) is 15.5. The SMILES string of the molecule is CC(=O)O[C@H]1CCC2C3C(CC[C@@]21C)c1ccc(OC(=O)c2ccccc2)cc1C[C@H]3CCCCCCCCCCC(=O)O. The lowest BCUT2D eigenvalue weighted by Crippen LogP contribution is -2.48. The standard InChI is InChI=1S/C38H50O6/c1-26(39)43-34-21-20-33-36-28(16-10-7-5-3-4-6-8-13-17-35(40)41)24-29-25-30(44-37(42)27-14-11-9-12-15-27)18-19-31(29)32(36)22-23-38(33,34)2/h9,11-12,14-15,18-19,25,28,32-34,36H,3-8,10,13,16-17,20-24H2,1-2H3,(H,40,41)/t28-,32?,33?,34+,36?,38+/m1/s1. The summed E-state index contributed by atoms with van der Waals surface area (Å²) in [5.41, 5.74) is 3.34. The first-order valence-corrected chi connectivity index (χ1v) is 17.1. The third kappa shape index (κ3) is 7.55. The van der Waals surface area contributed by atoms with Gasteiger partial charge in [0.2, 0.25) is 0 Å². The molecule has 3 aliphatic carbocycles. The number of hydrogen-bond donors (Lipinski definition) is 1. The number of fused-ring (bicyclic) bond motifs is 5. The lowest BCUT2D eigenvalue weighted by atomic mass is 9.52. The van der Waals surface area contributed by atoms with Crippen LogP contribution in [0.15, 0.2) is 48.5 Å². The summed E-state index contributed by atoms with van der Waals surface area (Å²) in [7, 11) is 0. The number of benzene rings is 2. The molecule has 0 heterocycles. The third-order valence-electron chi connectivity index (χ3n) is 11.0. The van der Waals surface area contributed by atoms with Crippen molar-refractivity contribution in [2.45, 2.75) is 122 Å². The zero-order valence-corrected chi connectivity index (χ0v) is 26.6. The molecule has 3 aliphatic rings. The minimum atomic E-state index is -0.695. The molecule has 0 bridgehead atoms. The maximum Gasteiger partial charge on any atom is 0.343 e. The Morgan fingerprint density at radius 3 is 2.30 bits per heavy atom. The second-order valence-corrected chi connectivity index (χ2v) is 13.9. The normalized spacial score (nSPS) is 27.1. The minimum Gasteiger partial charge on any atom is -0.481 e. The van der Waals surface area contributed by atoms with Gasteiger partial charge in [0.15, 0.2) is 0 Å². The fourth-order valence-corrected chi connectivity index (χ4v) is 8.94. The van der Waals surface area contributed by atoms with Crippen molar-refractivity contribution >= 4 is 17.9 Å². The predicted molar refractivity (Wildman–Crippen MR) is 171 cm³/mol. The highest BCUT2D eigenvalue weighted by atomic mass is 16.5. The summed E-state index contributed by atoms with van der Waals surface area (Å²) in [4.78, 5) is 35.5. The zero-order chi connectivity index (χ0) is 31.1. The molecule has 0 aliphatic heterocycles. The highest BCUT2D eigenvalue weighted by Gasteiger charge is 2.58. The number of ether oxygens (including phenoxy) is 2. The molecular formula is C38H50O6. The van der Waals surface area contributed by atoms with E-state index in [-0.39, 0.29) is 29.9 Å². The van der Waals surface area contributed by atoms with E-state index in [0.29, 0.717) is 35.0 Å². The molecule has 6 nitrogen and oxygen atoms in total. The molecule has 44 heavy (non-hydrogen) atoms. The smallest absolute Gasteiger partial charge is 0.343 e. The lowest BCUT2D eigenvalue weighted by Gasteiger charge is -2.53. The first-order chi connectivity index (χ1) is 21.3. The van der Waals surface area contributed by atoms with Crippen LogP contribution in [0.2, 0.25) is 0 Å². The zero-order valence-electron chi connectivity index (χ0n) is 26.6. The molecule has 0 aromatic heterocycles. The molecule has 0 radical (unpaired) electrons. The van der Waals surface area contributed by atoms with Gasteiger partial charge >= 0.3 is 17.9 Å². The van der Waals surface area contributed by atoms with Crippen LogP contribution in [0.4, 0.5) is 0 Å². The Kier molecular flexibility index (Phi) is 10.8. The van der Waals surface area contributed by atoms with Gasteiger partial charge in [-0.3, -0.25) is 9.59 Å². The van der Waals surface area contributed by atoms with E-state index < -0.39 is 5.97 Å². The van der Waals surface area contributed by atoms with Crippen molar-refractivity contribution in [1.29, 1.82) is 0 Å². The van der Waals surface area contributed by atoms with Gasteiger partial charge in [0.05, 0.1) is 5.56 Å². The predicted octanol–water partition coefficient (Wildman–Crippen LogP) is 8.91. The maximum absolute atomic E-state index is 12.8. The molecule has 2 fully saturated rings. The second-order valence-electron chi connectivity index (χ2n) is 13.9. The Morgan fingerprint density at radius 1 is 0.886 bits per heavy atom. The van der Waals surface area contributed by atoms with Crippen LogP contribution in [0.5, 0.6) is 5.75 Å². The number of carbonyl (C=O) groups is 3. The molecule has 1 N–H and O–H groups in total. The van der Waals surface area contributed by atoms with E-state index in [4.69, 9.17) is 14.6 Å². The average Bonchev–Trinajstić information content (AvgIpc) is 3.33. The average molecular weight is 603 g/mol. The summed E-state index contributed by atoms with van der Waals surface area (Å²) < 4.78 is 11.7. The van der Waals surface area contributed by atoms with Gasteiger partial charge in [-0.05, 0) is 104 Å². The van der Waals surface area contributed by atoms with Crippen LogP contribution < -0.4 is 4.74 Å². The van der Waals surface area contributed by atoms with Crippen molar-refractivity contribution in [2.75, 3.05) is 0 Å². The Labute approximate surface area is 262 Å². The highest BCUT2D eigenvalue weighted by molar-refractivity contribution is 5.91. The minimum absolute atomic E-state index is 0.0169. The summed E-state index contributed by atoms with van der Waals surface area (Å²) in [6.07, 6.45) is 15.7. The van der Waals surface area contributed by atoms with E-state index in [1.54, 1.807) is 19.1 Å². The number of rotatable bonds is 14. The van der Waals surface area contributed by atoms with Crippen LogP contribution in [0.1, 0.15) is 131 Å². The molecule has 2 aromatic carbocycles. The molecule has 0 spiro atoms. The third-order valence-corrected chi connectivity index (χ3v) is 11.0. The number of hydrogen-bond acceptors (Lipinski definition) is 5. The lowest BCUT2D eigenvalue weighted by molar-refractivity contribution is -0.155. The van der Waals surface area contributed by atoms with E-state index in [1.165, 1.54) is 49.7 Å². The molecule has 2 saturated carbocycles. The van der Waals surface area contributed by atoms with Gasteiger partial charge in [-0.15, -0.1) is 0 Å². The van der Waals surface area contributed by atoms with Crippen molar-refractivity contribution in [2.24, 2.45) is 23.2 Å². The summed E-state index contributed by atoms with van der Waals surface area (Å²) >= 11 is 0. The highest BCUT2D eigenvalue weighted by Crippen LogP contribution is 2.63. The van der Waals surface area contributed by atoms with Gasteiger partial charge < -0.3 is 14.6 Å². The fraction of sp³-hybridized carbons (Fsp3) is 0.605. The van der Waals surface area contributed by atoms with E-state index in [9.17, 15) is 14.4 Å². The first kappa shape index (κ1) is 32.2. The van der Waals surface area contributed by atoms with Crippen LogP contribution >= 0.6 is 0 Å². The Balaban J connectivity index is 1.26. The molecule has 238 valence electrons. The molecular weight excluding hydrogens is 552 g/mol. The van der Waals surface area contributed by atoms with Crippen molar-refractivity contribution < 1.29 is 29.0 Å². The van der Waals surface area contributed by atoms with Gasteiger partial charge in [0.1, 0.15) is 11.9 Å². The first-order valence-electron chi connectivity index (χ1n) is 17.1. The van der Waals surface area contributed by atoms with Crippen molar-refractivity contribution in [3.05, 3.63) is 65.2 Å². The Bertz CT molecular complexity index is 1290. The maximum atomic E-state index is 12.8. The molecule has 6 atom stereocenters. The van der Waals surface area contributed by atoms with Crippen LogP contribution in [0.25, 0.3) is 0 Å². The number of aliphatic carboxylic acids is 1. The largest absolute Gasteiger partial charge is 0.481 e. The number of carboxylic acid groups (broad SMARTS) is 1. The van der Waals surface area contributed by atoms with Crippen molar-refractivity contribution in [3.63, 3.8) is 0 Å². The van der Waals surface area contributed by atoms with Gasteiger partial charge in [0, 0.05) is 18.8 Å². The van der Waals surface area contributed by atoms with Crippen molar-refractivity contribution in [3.8, 4) is 5.75 Å². The fourth-order valence-electron chi connectivity index (χ4n) is 8.94. The van der Waals surface area contributed by atoms with Crippen LogP contribution in [-0.4, -0.2) is 29.1 Å². The number of carbonyl (C=O) groups excluding carboxylic acids is 2. The Morgan fingerprint density at radius 2 is 1.59 bits per heavy atom. The van der Waals surface area contributed by atoms with Crippen molar-refractivity contribution in [1.82, 2.24) is 0 Å². The van der Waals surface area contributed by atoms with Gasteiger partial charge in [-0.1, -0.05) is 76.1 Å². The quantitative estimate of drug-likeness (QED) is 0.132. The van der Waals surface area contributed by atoms with Gasteiger partial charge in [-0.25, -0.2) is 4.79 Å². The van der Waals surface area contributed by atoms with Crippen LogP contribution in [0.3, 0.4) is 0 Å².